The predicted octanol–water partition coefficient (Wildman–Crippen LogP) is 7.25. The van der Waals surface area contributed by atoms with Crippen molar-refractivity contribution in [2.75, 3.05) is 20.8 Å². The van der Waals surface area contributed by atoms with Gasteiger partial charge in [-0.25, -0.2) is 19.6 Å². The number of alkyl carbamates (subject to hydrolysis) is 2. The summed E-state index contributed by atoms with van der Waals surface area (Å²) in [6, 6.07) is 15.4. The van der Waals surface area contributed by atoms with Crippen LogP contribution in [0.5, 0.6) is 0 Å². The van der Waals surface area contributed by atoms with Gasteiger partial charge in [0, 0.05) is 36.1 Å². The maximum atomic E-state index is 14.3. The Bertz CT molecular complexity index is 2270. The summed E-state index contributed by atoms with van der Waals surface area (Å²) in [5, 5.41) is 5.82. The molecule has 4 heterocycles. The number of hydrogen-bond acceptors (Lipinski definition) is 8. The Morgan fingerprint density at radius 1 is 0.597 bits per heavy atom. The van der Waals surface area contributed by atoms with Crippen molar-refractivity contribution in [1.29, 1.82) is 0 Å². The summed E-state index contributed by atoms with van der Waals surface area (Å²) >= 11 is 0. The number of amides is 4. The summed E-state index contributed by atoms with van der Waals surface area (Å²) in [4.78, 5) is 74.0. The largest absolute Gasteiger partial charge is 0.453 e. The van der Waals surface area contributed by atoms with E-state index in [1.807, 2.05) is 22.2 Å². The number of ether oxygens (including phenoxy) is 2. The van der Waals surface area contributed by atoms with Gasteiger partial charge in [-0.3, -0.25) is 9.59 Å². The van der Waals surface area contributed by atoms with E-state index >= 15 is 0 Å². The Hall–Kier alpha value is -5.66. The molecule has 14 heteroatoms. The van der Waals surface area contributed by atoms with Crippen molar-refractivity contribution >= 4 is 24.0 Å². The zero-order valence-corrected chi connectivity index (χ0v) is 35.6. The molecule has 5 saturated carbocycles. The number of nitrogens with zero attached hydrogens (tertiary/aromatic N) is 4. The molecule has 2 aliphatic heterocycles. The van der Waals surface area contributed by atoms with Crippen LogP contribution in [-0.2, 0) is 19.1 Å². The van der Waals surface area contributed by atoms with Crippen molar-refractivity contribution in [1.82, 2.24) is 40.4 Å². The van der Waals surface area contributed by atoms with Crippen LogP contribution < -0.4 is 10.6 Å². The van der Waals surface area contributed by atoms with Gasteiger partial charge in [0.1, 0.15) is 23.7 Å². The van der Waals surface area contributed by atoms with Crippen LogP contribution in [0, 0.1) is 47.3 Å². The number of methoxy groups -OCH3 is 2. The van der Waals surface area contributed by atoms with Gasteiger partial charge in [-0.2, -0.15) is 0 Å². The number of fused-ring (bicyclic) bond motifs is 3. The fraction of sp³-hybridized carbons (Fsp3) is 0.542. The molecule has 324 valence electrons. The highest BCUT2D eigenvalue weighted by Crippen LogP contribution is 2.58. The SMILES string of the molecule is COC(=O)NC(C(=O)N1C[C@@H](C)C[C@H]1c1nc(-c2ccc(-c3ccc(-c4c[nH]c([C@@H]5C[C@H]6C[C@H]6N5C(=O)C(NC(=O)OC)[C@H]5C[C@@H]6C[C@@H]6C5)n4)cc3)cc2)c[nH]1)[C@H]1C[C@@H]2C[C@@H]2C1. The van der Waals surface area contributed by atoms with Crippen molar-refractivity contribution in [3.05, 3.63) is 72.6 Å². The van der Waals surface area contributed by atoms with Gasteiger partial charge in [0.25, 0.3) is 0 Å². The normalized spacial score (nSPS) is 32.0. The van der Waals surface area contributed by atoms with Crippen molar-refractivity contribution in [3.8, 4) is 33.6 Å². The highest BCUT2D eigenvalue weighted by molar-refractivity contribution is 5.88. The van der Waals surface area contributed by atoms with Crippen molar-refractivity contribution in [2.24, 2.45) is 47.3 Å². The van der Waals surface area contributed by atoms with E-state index in [1.54, 1.807) is 0 Å². The quantitative estimate of drug-likeness (QED) is 0.122. The maximum Gasteiger partial charge on any atom is 0.407 e. The van der Waals surface area contributed by atoms with Gasteiger partial charge >= 0.3 is 12.2 Å². The van der Waals surface area contributed by atoms with E-state index in [9.17, 15) is 19.2 Å². The molecule has 14 nitrogen and oxygen atoms in total. The first-order valence-electron chi connectivity index (χ1n) is 22.8. The van der Waals surface area contributed by atoms with E-state index in [0.717, 1.165) is 90.2 Å². The number of aromatic nitrogens is 4. The molecule has 11 rings (SSSR count). The van der Waals surface area contributed by atoms with Gasteiger partial charge in [-0.15, -0.1) is 0 Å². The number of H-pyrrole nitrogens is 2. The maximum absolute atomic E-state index is 14.3. The molecular weight excluding hydrogens is 785 g/mol. The Balaban J connectivity index is 0.753. The molecule has 2 saturated heterocycles. The van der Waals surface area contributed by atoms with Crippen LogP contribution >= 0.6 is 0 Å². The van der Waals surface area contributed by atoms with E-state index < -0.39 is 24.3 Å². The predicted molar refractivity (Wildman–Crippen MR) is 229 cm³/mol. The summed E-state index contributed by atoms with van der Waals surface area (Å²) in [5.74, 6) is 5.28. The number of hydrogen-bond donors (Lipinski definition) is 4. The zero-order chi connectivity index (χ0) is 42.4. The number of nitrogens with one attached hydrogen (secondary N) is 4. The van der Waals surface area contributed by atoms with Crippen molar-refractivity contribution < 1.29 is 28.7 Å². The number of likely N-dealkylation sites (tertiary alicyclic amines) is 2. The van der Waals surface area contributed by atoms with Gasteiger partial charge in [-0.05, 0) is 116 Å². The van der Waals surface area contributed by atoms with Crippen LogP contribution in [0.25, 0.3) is 33.6 Å². The first kappa shape index (κ1) is 39.2. The number of rotatable bonds is 11. The highest BCUT2D eigenvalue weighted by Gasteiger charge is 2.58. The van der Waals surface area contributed by atoms with Crippen LogP contribution in [-0.4, -0.2) is 92.6 Å². The topological polar surface area (TPSA) is 175 Å². The molecule has 0 spiro atoms. The third-order valence-electron chi connectivity index (χ3n) is 15.6. The Morgan fingerprint density at radius 3 is 1.56 bits per heavy atom. The van der Waals surface area contributed by atoms with Gasteiger partial charge in [0.2, 0.25) is 11.8 Å². The third kappa shape index (κ3) is 7.22. The fourth-order valence-corrected chi connectivity index (χ4v) is 12.1. The molecule has 7 aliphatic rings. The Morgan fingerprint density at radius 2 is 1.06 bits per heavy atom. The lowest BCUT2D eigenvalue weighted by molar-refractivity contribution is -0.137. The number of benzene rings is 2. The van der Waals surface area contributed by atoms with Gasteiger partial charge < -0.3 is 39.9 Å². The molecule has 62 heavy (non-hydrogen) atoms. The Labute approximate surface area is 361 Å². The lowest BCUT2D eigenvalue weighted by Crippen LogP contribution is -2.52. The molecule has 0 bridgehead atoms. The molecule has 4 N–H and O–H groups in total. The molecule has 7 fully saturated rings. The van der Waals surface area contributed by atoms with E-state index in [-0.39, 0.29) is 41.8 Å². The first-order valence-corrected chi connectivity index (χ1v) is 22.8. The second-order valence-corrected chi connectivity index (χ2v) is 19.6. The minimum Gasteiger partial charge on any atom is -0.453 e. The number of imidazole rings is 2. The average Bonchev–Trinajstić information content (AvgIpc) is 3.97. The molecule has 5 aliphatic carbocycles. The monoisotopic (exact) mass is 840 g/mol. The van der Waals surface area contributed by atoms with Crippen molar-refractivity contribution in [3.63, 3.8) is 0 Å². The van der Waals surface area contributed by atoms with Gasteiger partial charge in [-0.1, -0.05) is 55.5 Å². The minimum absolute atomic E-state index is 0.00505. The van der Waals surface area contributed by atoms with Crippen LogP contribution in [0.1, 0.15) is 88.4 Å². The molecule has 4 amide bonds. The van der Waals surface area contributed by atoms with E-state index in [0.29, 0.717) is 42.1 Å². The smallest absolute Gasteiger partial charge is 0.407 e. The Kier molecular flexibility index (Phi) is 9.68. The minimum atomic E-state index is -0.593. The van der Waals surface area contributed by atoms with Crippen LogP contribution in [0.3, 0.4) is 0 Å². The number of piperidine rings is 1. The molecule has 2 unspecified atom stereocenters. The second-order valence-electron chi connectivity index (χ2n) is 19.6. The molecule has 13 atom stereocenters. The van der Waals surface area contributed by atoms with Gasteiger partial charge in [0.15, 0.2) is 0 Å². The highest BCUT2D eigenvalue weighted by atomic mass is 16.5. The molecule has 2 aromatic heterocycles. The average molecular weight is 841 g/mol. The summed E-state index contributed by atoms with van der Waals surface area (Å²) in [7, 11) is 2.69. The third-order valence-corrected chi connectivity index (χ3v) is 15.6. The number of carbonyl (C=O) groups is 4. The van der Waals surface area contributed by atoms with Crippen molar-refractivity contribution in [2.45, 2.75) is 94.9 Å². The van der Waals surface area contributed by atoms with Crippen LogP contribution in [0.2, 0.25) is 0 Å². The molecule has 0 radical (unpaired) electrons. The van der Waals surface area contributed by atoms with Crippen LogP contribution in [0.15, 0.2) is 60.9 Å². The first-order chi connectivity index (χ1) is 30.1. The molecular formula is C48H56N8O6. The van der Waals surface area contributed by atoms with E-state index in [4.69, 9.17) is 19.4 Å². The number of carbonyl (C=O) groups excluding carboxylic acids is 4. The fourth-order valence-electron chi connectivity index (χ4n) is 12.1. The van der Waals surface area contributed by atoms with Gasteiger partial charge in [0.05, 0.1) is 37.7 Å². The molecule has 4 aromatic rings. The second kappa shape index (κ2) is 15.3. The number of aromatic amines is 2. The van der Waals surface area contributed by atoms with Crippen LogP contribution in [0.4, 0.5) is 9.59 Å². The summed E-state index contributed by atoms with van der Waals surface area (Å²) in [6.07, 6.45) is 11.8. The standard InChI is InChI=1S/C48H56N8O6/c1-24-12-39(55(23-24)45(57)41(53-47(59)61-2)34-15-29-13-30(29)16-34)43-49-21-36(51-43)27-8-4-25(5-9-27)26-6-10-28(11-7-26)37-22-50-44(52-37)40-20-33-19-38(33)56(40)46(58)42(54-48(60)62-3)35-17-31-14-32(31)18-35/h4-11,21-22,24,29-35,38-42H,12-20,23H2,1-3H3,(H,49,51)(H,50,52)(H,53,59)(H,54,60)/t24-,29-,30+,31-,32+,33+,34-,35-,38+,39-,40-,41?,42?/m0/s1. The lowest BCUT2D eigenvalue weighted by Gasteiger charge is -2.33. The summed E-state index contributed by atoms with van der Waals surface area (Å²) in [6.45, 7) is 2.78. The van der Waals surface area contributed by atoms with E-state index in [2.05, 4.69) is 76.1 Å². The lowest BCUT2D eigenvalue weighted by atomic mass is 9.93. The summed E-state index contributed by atoms with van der Waals surface area (Å²) in [5.41, 5.74) is 5.74. The zero-order valence-electron chi connectivity index (χ0n) is 35.6. The molecule has 2 aromatic carbocycles. The summed E-state index contributed by atoms with van der Waals surface area (Å²) < 4.78 is 9.88. The van der Waals surface area contributed by atoms with E-state index in [1.165, 1.54) is 27.1 Å².